The Balaban J connectivity index is 2.36. The quantitative estimate of drug-likeness (QED) is 0.613. The van der Waals surface area contributed by atoms with E-state index in [0.717, 1.165) is 0 Å². The number of H-pyrrole nitrogens is 1. The minimum Gasteiger partial charge on any atom is -0.394 e. The van der Waals surface area contributed by atoms with E-state index >= 15 is 0 Å². The van der Waals surface area contributed by atoms with Crippen LogP contribution in [0.1, 0.15) is 25.7 Å². The van der Waals surface area contributed by atoms with Gasteiger partial charge in [0.05, 0.1) is 19.4 Å². The number of hydrogen-bond donors (Lipinski definition) is 3. The van der Waals surface area contributed by atoms with Crippen LogP contribution in [0.3, 0.4) is 0 Å². The lowest BCUT2D eigenvalue weighted by Crippen LogP contribution is -2.44. The number of hydrogen-bond acceptors (Lipinski definition) is 5. The van der Waals surface area contributed by atoms with E-state index in [0.29, 0.717) is 19.3 Å². The Hall–Kier alpha value is -1.51. The molecule has 1 fully saturated rings. The van der Waals surface area contributed by atoms with Crippen molar-refractivity contribution in [2.75, 3.05) is 13.3 Å². The fourth-order valence-corrected chi connectivity index (χ4v) is 2.70. The van der Waals surface area contributed by atoms with Crippen LogP contribution < -0.4 is 11.2 Å². The Morgan fingerprint density at radius 3 is 2.81 bits per heavy atom. The van der Waals surface area contributed by atoms with Gasteiger partial charge in [0.15, 0.2) is 5.72 Å². The van der Waals surface area contributed by atoms with Crippen molar-refractivity contribution in [3.63, 3.8) is 0 Å². The van der Waals surface area contributed by atoms with E-state index in [4.69, 9.17) is 4.74 Å². The Bertz CT molecular complexity index is 586. The average Bonchev–Trinajstić information content (AvgIpc) is 2.76. The van der Waals surface area contributed by atoms with Gasteiger partial charge in [-0.05, 0) is 19.3 Å². The van der Waals surface area contributed by atoms with Gasteiger partial charge in [-0.1, -0.05) is 0 Å². The molecule has 1 aliphatic heterocycles. The second-order valence-corrected chi connectivity index (χ2v) is 5.18. The third kappa shape index (κ3) is 3.22. The Morgan fingerprint density at radius 1 is 1.48 bits per heavy atom. The zero-order valence-corrected chi connectivity index (χ0v) is 11.5. The van der Waals surface area contributed by atoms with Crippen molar-refractivity contribution in [2.24, 2.45) is 0 Å². The first-order valence-electron chi connectivity index (χ1n) is 6.87. The number of aromatic nitrogens is 2. The Kier molecular flexibility index (Phi) is 4.92. The first-order chi connectivity index (χ1) is 10.0. The van der Waals surface area contributed by atoms with Crippen LogP contribution in [0, 0.1) is 0 Å². The molecular weight excluding hydrogens is 283 g/mol. The van der Waals surface area contributed by atoms with Crippen LogP contribution in [0.4, 0.5) is 4.39 Å². The number of halogens is 1. The standard InChI is InChI=1S/C13H19FN2O5/c14-5-2-1-4-13(7-9(18)10(8-17)21-13)16-6-3-11(19)15-12(16)20/h3,6,9-10,17-18H,1-2,4-5,7-8H2,(H,15,19,20)/t9-,10+,13+/m0/s1. The van der Waals surface area contributed by atoms with Crippen LogP contribution in [-0.2, 0) is 10.5 Å². The Labute approximate surface area is 120 Å². The minimum absolute atomic E-state index is 0.0937. The number of aliphatic hydroxyl groups excluding tert-OH is 2. The molecule has 2 heterocycles. The summed E-state index contributed by atoms with van der Waals surface area (Å²) in [7, 11) is 0. The summed E-state index contributed by atoms with van der Waals surface area (Å²) in [5.41, 5.74) is -2.37. The van der Waals surface area contributed by atoms with Crippen molar-refractivity contribution in [3.05, 3.63) is 33.1 Å². The maximum absolute atomic E-state index is 12.3. The molecule has 0 aromatic carbocycles. The van der Waals surface area contributed by atoms with Gasteiger partial charge in [-0.3, -0.25) is 18.7 Å². The SMILES string of the molecule is O=c1ccn([C@@]2(CCCCF)C[C@H](O)[C@@H](CO)O2)c(=O)[nH]1. The summed E-state index contributed by atoms with van der Waals surface area (Å²) in [6.45, 7) is -0.868. The van der Waals surface area contributed by atoms with Crippen molar-refractivity contribution in [2.45, 2.75) is 43.6 Å². The number of nitrogens with one attached hydrogen (secondary N) is 1. The second kappa shape index (κ2) is 6.50. The van der Waals surface area contributed by atoms with Crippen LogP contribution >= 0.6 is 0 Å². The van der Waals surface area contributed by atoms with Gasteiger partial charge >= 0.3 is 5.69 Å². The lowest BCUT2D eigenvalue weighted by Gasteiger charge is -2.31. The number of aliphatic hydroxyl groups is 2. The van der Waals surface area contributed by atoms with Gasteiger partial charge in [0.25, 0.3) is 5.56 Å². The summed E-state index contributed by atoms with van der Waals surface area (Å²) >= 11 is 0. The molecule has 0 amide bonds. The molecule has 0 aliphatic carbocycles. The van der Waals surface area contributed by atoms with Gasteiger partial charge in [-0.2, -0.15) is 0 Å². The first-order valence-corrected chi connectivity index (χ1v) is 6.87. The first kappa shape index (κ1) is 15.9. The van der Waals surface area contributed by atoms with Crippen molar-refractivity contribution >= 4 is 0 Å². The second-order valence-electron chi connectivity index (χ2n) is 5.18. The third-order valence-electron chi connectivity index (χ3n) is 3.72. The van der Waals surface area contributed by atoms with Crippen LogP contribution in [0.25, 0.3) is 0 Å². The maximum atomic E-state index is 12.3. The topological polar surface area (TPSA) is 105 Å². The molecule has 0 spiro atoms. The van der Waals surface area contributed by atoms with Gasteiger partial charge in [0.2, 0.25) is 0 Å². The molecule has 3 atom stereocenters. The summed E-state index contributed by atoms with van der Waals surface area (Å²) in [5, 5.41) is 19.2. The number of unbranched alkanes of at least 4 members (excludes halogenated alkanes) is 1. The minimum atomic E-state index is -1.18. The number of nitrogens with zero attached hydrogens (tertiary/aromatic N) is 1. The van der Waals surface area contributed by atoms with E-state index in [-0.39, 0.29) is 13.0 Å². The molecule has 1 saturated heterocycles. The van der Waals surface area contributed by atoms with Gasteiger partial charge in [-0.25, -0.2) is 4.79 Å². The molecule has 8 heteroatoms. The van der Waals surface area contributed by atoms with Crippen molar-refractivity contribution in [3.8, 4) is 0 Å². The average molecular weight is 302 g/mol. The van der Waals surface area contributed by atoms with E-state index < -0.39 is 35.9 Å². The number of aromatic amines is 1. The molecule has 1 aromatic rings. The Morgan fingerprint density at radius 2 is 2.24 bits per heavy atom. The van der Waals surface area contributed by atoms with E-state index in [1.807, 2.05) is 0 Å². The van der Waals surface area contributed by atoms with Gasteiger partial charge in [-0.15, -0.1) is 0 Å². The van der Waals surface area contributed by atoms with Crippen molar-refractivity contribution < 1.29 is 19.3 Å². The summed E-state index contributed by atoms with van der Waals surface area (Å²) in [6, 6.07) is 1.18. The highest BCUT2D eigenvalue weighted by atomic mass is 19.1. The molecule has 21 heavy (non-hydrogen) atoms. The molecular formula is C13H19FN2O5. The monoisotopic (exact) mass is 302 g/mol. The summed E-state index contributed by atoms with van der Waals surface area (Å²) < 4.78 is 19.2. The lowest BCUT2D eigenvalue weighted by molar-refractivity contribution is -0.124. The number of alkyl halides is 1. The highest BCUT2D eigenvalue weighted by Gasteiger charge is 2.47. The van der Waals surface area contributed by atoms with Crippen LogP contribution in [0.15, 0.2) is 21.9 Å². The normalized spacial score (nSPS) is 28.9. The van der Waals surface area contributed by atoms with Crippen LogP contribution in [-0.4, -0.2) is 45.3 Å². The zero-order valence-electron chi connectivity index (χ0n) is 11.5. The van der Waals surface area contributed by atoms with Crippen LogP contribution in [0.2, 0.25) is 0 Å². The van der Waals surface area contributed by atoms with Crippen LogP contribution in [0.5, 0.6) is 0 Å². The van der Waals surface area contributed by atoms with E-state index in [1.54, 1.807) is 0 Å². The van der Waals surface area contributed by atoms with Crippen molar-refractivity contribution in [1.29, 1.82) is 0 Å². The fraction of sp³-hybridized carbons (Fsp3) is 0.692. The molecule has 118 valence electrons. The fourth-order valence-electron chi connectivity index (χ4n) is 2.70. The zero-order chi connectivity index (χ0) is 15.5. The smallest absolute Gasteiger partial charge is 0.330 e. The highest BCUT2D eigenvalue weighted by Crippen LogP contribution is 2.38. The van der Waals surface area contributed by atoms with E-state index in [2.05, 4.69) is 4.98 Å². The predicted octanol–water partition coefficient (Wildman–Crippen LogP) is -0.529. The molecule has 7 nitrogen and oxygen atoms in total. The molecule has 1 aliphatic rings. The molecule has 0 saturated carbocycles. The molecule has 3 N–H and O–H groups in total. The maximum Gasteiger partial charge on any atom is 0.330 e. The highest BCUT2D eigenvalue weighted by molar-refractivity contribution is 4.96. The third-order valence-corrected chi connectivity index (χ3v) is 3.72. The van der Waals surface area contributed by atoms with E-state index in [9.17, 15) is 24.2 Å². The molecule has 0 radical (unpaired) electrons. The molecule has 0 unspecified atom stereocenters. The number of ether oxygens (including phenoxy) is 1. The van der Waals surface area contributed by atoms with Gasteiger partial charge < -0.3 is 14.9 Å². The van der Waals surface area contributed by atoms with E-state index in [1.165, 1.54) is 16.8 Å². The summed E-state index contributed by atoms with van der Waals surface area (Å²) in [4.78, 5) is 25.3. The summed E-state index contributed by atoms with van der Waals surface area (Å²) in [5.74, 6) is 0. The largest absolute Gasteiger partial charge is 0.394 e. The van der Waals surface area contributed by atoms with Gasteiger partial charge in [0.1, 0.15) is 6.10 Å². The molecule has 2 rings (SSSR count). The van der Waals surface area contributed by atoms with Crippen molar-refractivity contribution in [1.82, 2.24) is 9.55 Å². The van der Waals surface area contributed by atoms with Gasteiger partial charge in [0, 0.05) is 18.7 Å². The molecule has 0 bridgehead atoms. The lowest BCUT2D eigenvalue weighted by atomic mass is 10.00. The number of rotatable bonds is 6. The molecule has 1 aromatic heterocycles. The predicted molar refractivity (Wildman–Crippen MR) is 71.7 cm³/mol. The summed E-state index contributed by atoms with van der Waals surface area (Å²) in [6.07, 6.45) is 0.708.